The number of hydrogen-bond acceptors (Lipinski definition) is 4. The van der Waals surface area contributed by atoms with Crippen LogP contribution in [-0.2, 0) is 9.53 Å². The predicted octanol–water partition coefficient (Wildman–Crippen LogP) is 1.22. The van der Waals surface area contributed by atoms with E-state index in [9.17, 15) is 4.79 Å². The highest BCUT2D eigenvalue weighted by Gasteiger charge is 2.13. The Morgan fingerprint density at radius 3 is 2.69 bits per heavy atom. The molecule has 0 saturated heterocycles. The Kier molecular flexibility index (Phi) is 7.09. The third kappa shape index (κ3) is 5.93. The van der Waals surface area contributed by atoms with Crippen molar-refractivity contribution in [1.82, 2.24) is 0 Å². The van der Waals surface area contributed by atoms with Crippen molar-refractivity contribution in [1.29, 1.82) is 0 Å². The molecule has 0 fully saturated rings. The molecule has 0 heterocycles. The van der Waals surface area contributed by atoms with Crippen molar-refractivity contribution in [2.24, 2.45) is 11.7 Å². The summed E-state index contributed by atoms with van der Waals surface area (Å²) in [5.74, 6) is 0.403. The zero-order valence-electron chi connectivity index (χ0n) is 8.32. The van der Waals surface area contributed by atoms with Crippen molar-refractivity contribution in [3.05, 3.63) is 0 Å². The van der Waals surface area contributed by atoms with Crippen LogP contribution in [0.3, 0.4) is 0 Å². The summed E-state index contributed by atoms with van der Waals surface area (Å²) in [7, 11) is 0. The Morgan fingerprint density at radius 2 is 2.23 bits per heavy atom. The summed E-state index contributed by atoms with van der Waals surface area (Å²) < 4.78 is 5.00. The van der Waals surface area contributed by atoms with Gasteiger partial charge < -0.3 is 10.5 Å². The summed E-state index contributed by atoms with van der Waals surface area (Å²) in [5.41, 5.74) is 5.43. The quantitative estimate of drug-likeness (QED) is 0.506. The number of rotatable bonds is 6. The fourth-order valence-corrected chi connectivity index (χ4v) is 1.13. The SMILES string of the molecule is CCCC(C)COC(=O)C(N)CS. The summed E-state index contributed by atoms with van der Waals surface area (Å²) in [6, 6.07) is -0.586. The van der Waals surface area contributed by atoms with Gasteiger partial charge in [0, 0.05) is 5.75 Å². The average Bonchev–Trinajstić information content (AvgIpc) is 2.13. The highest BCUT2D eigenvalue weighted by Crippen LogP contribution is 2.05. The van der Waals surface area contributed by atoms with Gasteiger partial charge in [-0.25, -0.2) is 0 Å². The minimum atomic E-state index is -0.586. The van der Waals surface area contributed by atoms with E-state index >= 15 is 0 Å². The maximum atomic E-state index is 11.1. The third-order valence-electron chi connectivity index (χ3n) is 1.79. The molecule has 2 atom stereocenters. The smallest absolute Gasteiger partial charge is 0.323 e. The average molecular weight is 205 g/mol. The molecule has 0 aromatic rings. The lowest BCUT2D eigenvalue weighted by atomic mass is 10.1. The molecule has 0 aromatic heterocycles. The number of hydrogen-bond donors (Lipinski definition) is 2. The van der Waals surface area contributed by atoms with Crippen LogP contribution in [-0.4, -0.2) is 24.4 Å². The van der Waals surface area contributed by atoms with Crippen LogP contribution in [0.15, 0.2) is 0 Å². The molecule has 0 rings (SSSR count). The monoisotopic (exact) mass is 205 g/mol. The summed E-state index contributed by atoms with van der Waals surface area (Å²) in [6.45, 7) is 4.63. The molecule has 0 amide bonds. The standard InChI is InChI=1S/C9H19NO2S/c1-3-4-7(2)5-12-9(11)8(10)6-13/h7-8,13H,3-6,10H2,1-2H3. The second-order valence-electron chi connectivity index (χ2n) is 3.31. The molecule has 78 valence electrons. The van der Waals surface area contributed by atoms with Gasteiger partial charge in [0.2, 0.25) is 0 Å². The molecule has 0 saturated carbocycles. The lowest BCUT2D eigenvalue weighted by Crippen LogP contribution is -2.34. The molecule has 0 bridgehead atoms. The van der Waals surface area contributed by atoms with E-state index in [1.165, 1.54) is 0 Å². The zero-order chi connectivity index (χ0) is 10.3. The van der Waals surface area contributed by atoms with Gasteiger partial charge in [0.25, 0.3) is 0 Å². The van der Waals surface area contributed by atoms with Crippen molar-refractivity contribution in [3.8, 4) is 0 Å². The summed E-state index contributed by atoms with van der Waals surface area (Å²) in [4.78, 5) is 11.1. The Bertz CT molecular complexity index is 153. The van der Waals surface area contributed by atoms with Crippen LogP contribution in [0.1, 0.15) is 26.7 Å². The molecule has 13 heavy (non-hydrogen) atoms. The van der Waals surface area contributed by atoms with E-state index in [0.717, 1.165) is 12.8 Å². The molecule has 2 N–H and O–H groups in total. The normalized spacial score (nSPS) is 15.1. The first-order valence-electron chi connectivity index (χ1n) is 4.64. The van der Waals surface area contributed by atoms with Crippen LogP contribution in [0.25, 0.3) is 0 Å². The number of nitrogens with two attached hydrogens (primary N) is 1. The maximum absolute atomic E-state index is 11.1. The molecule has 0 spiro atoms. The predicted molar refractivity (Wildman–Crippen MR) is 56.9 cm³/mol. The lowest BCUT2D eigenvalue weighted by Gasteiger charge is -2.13. The van der Waals surface area contributed by atoms with Crippen LogP contribution in [0.4, 0.5) is 0 Å². The molecule has 0 aromatic carbocycles. The fraction of sp³-hybridized carbons (Fsp3) is 0.889. The zero-order valence-corrected chi connectivity index (χ0v) is 9.22. The Balaban J connectivity index is 3.57. The first-order chi connectivity index (χ1) is 6.11. The van der Waals surface area contributed by atoms with Crippen LogP contribution < -0.4 is 5.73 Å². The van der Waals surface area contributed by atoms with Gasteiger partial charge in [0.1, 0.15) is 6.04 Å². The molecule has 0 aliphatic carbocycles. The van der Waals surface area contributed by atoms with Gasteiger partial charge in [-0.2, -0.15) is 12.6 Å². The Hall–Kier alpha value is -0.220. The number of thiol groups is 1. The number of carbonyl (C=O) groups excluding carboxylic acids is 1. The van der Waals surface area contributed by atoms with Gasteiger partial charge in [0.05, 0.1) is 6.61 Å². The Morgan fingerprint density at radius 1 is 1.62 bits per heavy atom. The van der Waals surface area contributed by atoms with E-state index < -0.39 is 6.04 Å². The van der Waals surface area contributed by atoms with Crippen molar-refractivity contribution < 1.29 is 9.53 Å². The molecule has 3 nitrogen and oxygen atoms in total. The second-order valence-corrected chi connectivity index (χ2v) is 3.68. The van der Waals surface area contributed by atoms with Gasteiger partial charge in [-0.05, 0) is 12.3 Å². The van der Waals surface area contributed by atoms with Gasteiger partial charge >= 0.3 is 5.97 Å². The Labute approximate surface area is 85.4 Å². The largest absolute Gasteiger partial charge is 0.464 e. The van der Waals surface area contributed by atoms with Crippen LogP contribution in [0.5, 0.6) is 0 Å². The van der Waals surface area contributed by atoms with Crippen molar-refractivity contribution in [2.45, 2.75) is 32.7 Å². The second kappa shape index (κ2) is 7.21. The fourth-order valence-electron chi connectivity index (χ4n) is 0.982. The van der Waals surface area contributed by atoms with E-state index in [-0.39, 0.29) is 5.97 Å². The number of carbonyl (C=O) groups is 1. The van der Waals surface area contributed by atoms with E-state index in [4.69, 9.17) is 10.5 Å². The summed E-state index contributed by atoms with van der Waals surface area (Å²) in [6.07, 6.45) is 2.18. The molecular formula is C9H19NO2S. The topological polar surface area (TPSA) is 52.3 Å². The maximum Gasteiger partial charge on any atom is 0.323 e. The minimum Gasteiger partial charge on any atom is -0.464 e. The van der Waals surface area contributed by atoms with Crippen molar-refractivity contribution >= 4 is 18.6 Å². The first kappa shape index (κ1) is 12.8. The highest BCUT2D eigenvalue weighted by atomic mass is 32.1. The number of esters is 1. The van der Waals surface area contributed by atoms with Gasteiger partial charge in [-0.15, -0.1) is 0 Å². The van der Waals surface area contributed by atoms with E-state index in [2.05, 4.69) is 26.5 Å². The van der Waals surface area contributed by atoms with Crippen LogP contribution in [0.2, 0.25) is 0 Å². The van der Waals surface area contributed by atoms with Crippen molar-refractivity contribution in [3.63, 3.8) is 0 Å². The highest BCUT2D eigenvalue weighted by molar-refractivity contribution is 7.80. The first-order valence-corrected chi connectivity index (χ1v) is 5.28. The molecular weight excluding hydrogens is 186 g/mol. The third-order valence-corrected chi connectivity index (χ3v) is 2.18. The van der Waals surface area contributed by atoms with Crippen LogP contribution >= 0.6 is 12.6 Å². The van der Waals surface area contributed by atoms with E-state index in [1.807, 2.05) is 0 Å². The van der Waals surface area contributed by atoms with E-state index in [0.29, 0.717) is 18.3 Å². The molecule has 2 unspecified atom stereocenters. The number of ether oxygens (including phenoxy) is 1. The molecule has 0 aliphatic rings. The van der Waals surface area contributed by atoms with Crippen LogP contribution in [0, 0.1) is 5.92 Å². The minimum absolute atomic E-state index is 0.334. The van der Waals surface area contributed by atoms with Gasteiger partial charge in [-0.1, -0.05) is 20.3 Å². The summed E-state index contributed by atoms with van der Waals surface area (Å²) in [5, 5.41) is 0. The van der Waals surface area contributed by atoms with E-state index in [1.54, 1.807) is 0 Å². The van der Waals surface area contributed by atoms with Gasteiger partial charge in [0.15, 0.2) is 0 Å². The molecule has 0 aliphatic heterocycles. The molecule has 4 heteroatoms. The molecule has 0 radical (unpaired) electrons. The van der Waals surface area contributed by atoms with Crippen molar-refractivity contribution in [2.75, 3.05) is 12.4 Å². The lowest BCUT2D eigenvalue weighted by molar-refractivity contribution is -0.145. The summed E-state index contributed by atoms with van der Waals surface area (Å²) >= 11 is 3.91. The van der Waals surface area contributed by atoms with Gasteiger partial charge in [-0.3, -0.25) is 4.79 Å².